The molecule has 3 aromatic carbocycles. The van der Waals surface area contributed by atoms with E-state index in [1.807, 2.05) is 42.5 Å². The van der Waals surface area contributed by atoms with Gasteiger partial charge in [0.05, 0.1) is 18.9 Å². The Kier molecular flexibility index (Phi) is 6.81. The Labute approximate surface area is 170 Å². The van der Waals surface area contributed by atoms with E-state index in [1.165, 1.54) is 0 Å². The van der Waals surface area contributed by atoms with E-state index in [0.29, 0.717) is 31.1 Å². The van der Waals surface area contributed by atoms with Crippen molar-refractivity contribution < 1.29 is 14.3 Å². The SMILES string of the molecule is NC(=O)N(S)c1cccc(OCCCOc2ccccc2-c2ccccc2)c1. The Balaban J connectivity index is 1.51. The minimum Gasteiger partial charge on any atom is -0.493 e. The van der Waals surface area contributed by atoms with Crippen LogP contribution >= 0.6 is 12.8 Å². The fourth-order valence-electron chi connectivity index (χ4n) is 2.71. The van der Waals surface area contributed by atoms with Crippen molar-refractivity contribution >= 4 is 24.5 Å². The Hall–Kier alpha value is -3.12. The summed E-state index contributed by atoms with van der Waals surface area (Å²) in [7, 11) is 0. The summed E-state index contributed by atoms with van der Waals surface area (Å²) in [4.78, 5) is 11.2. The van der Waals surface area contributed by atoms with E-state index in [-0.39, 0.29) is 0 Å². The first-order valence-corrected chi connectivity index (χ1v) is 9.34. The van der Waals surface area contributed by atoms with E-state index in [2.05, 4.69) is 31.0 Å². The fourth-order valence-corrected chi connectivity index (χ4v) is 2.84. The molecule has 0 spiro atoms. The minimum atomic E-state index is -0.647. The van der Waals surface area contributed by atoms with Crippen LogP contribution in [-0.2, 0) is 0 Å². The third-order valence-electron chi connectivity index (χ3n) is 4.06. The van der Waals surface area contributed by atoms with Crippen LogP contribution in [0.15, 0.2) is 78.9 Å². The van der Waals surface area contributed by atoms with Gasteiger partial charge in [-0.15, -0.1) is 0 Å². The molecule has 0 saturated carbocycles. The summed E-state index contributed by atoms with van der Waals surface area (Å²) >= 11 is 4.05. The number of hydrogen-bond donors (Lipinski definition) is 2. The number of nitrogens with zero attached hydrogens (tertiary/aromatic N) is 1. The molecule has 0 atom stereocenters. The van der Waals surface area contributed by atoms with Crippen LogP contribution in [0.5, 0.6) is 11.5 Å². The van der Waals surface area contributed by atoms with E-state index in [4.69, 9.17) is 15.2 Å². The topological polar surface area (TPSA) is 64.8 Å². The van der Waals surface area contributed by atoms with Gasteiger partial charge in [0.2, 0.25) is 0 Å². The van der Waals surface area contributed by atoms with Crippen molar-refractivity contribution in [2.24, 2.45) is 5.73 Å². The highest BCUT2D eigenvalue weighted by Crippen LogP contribution is 2.29. The van der Waals surface area contributed by atoms with Gasteiger partial charge in [-0.3, -0.25) is 0 Å². The van der Waals surface area contributed by atoms with Crippen LogP contribution in [0.3, 0.4) is 0 Å². The van der Waals surface area contributed by atoms with Crippen LogP contribution < -0.4 is 19.5 Å². The molecule has 0 aliphatic heterocycles. The van der Waals surface area contributed by atoms with Crippen LogP contribution in [0.2, 0.25) is 0 Å². The largest absolute Gasteiger partial charge is 0.493 e. The molecule has 0 unspecified atom stereocenters. The molecule has 6 heteroatoms. The van der Waals surface area contributed by atoms with Gasteiger partial charge in [-0.1, -0.05) is 67.4 Å². The van der Waals surface area contributed by atoms with Crippen molar-refractivity contribution in [3.63, 3.8) is 0 Å². The smallest absolute Gasteiger partial charge is 0.329 e. The van der Waals surface area contributed by atoms with Crippen molar-refractivity contribution in [1.29, 1.82) is 0 Å². The zero-order valence-electron chi connectivity index (χ0n) is 15.3. The quantitative estimate of drug-likeness (QED) is 0.420. The highest BCUT2D eigenvalue weighted by Gasteiger charge is 2.08. The summed E-state index contributed by atoms with van der Waals surface area (Å²) in [5.41, 5.74) is 7.97. The molecule has 0 saturated heterocycles. The molecule has 2 amide bonds. The maximum Gasteiger partial charge on any atom is 0.329 e. The van der Waals surface area contributed by atoms with E-state index >= 15 is 0 Å². The fraction of sp³-hybridized carbons (Fsp3) is 0.136. The molecule has 0 heterocycles. The van der Waals surface area contributed by atoms with Crippen molar-refractivity contribution in [3.05, 3.63) is 78.9 Å². The van der Waals surface area contributed by atoms with Crippen LogP contribution in [0.25, 0.3) is 11.1 Å². The third kappa shape index (κ3) is 5.20. The first-order chi connectivity index (χ1) is 13.6. The van der Waals surface area contributed by atoms with Gasteiger partial charge in [0.15, 0.2) is 0 Å². The van der Waals surface area contributed by atoms with Crippen LogP contribution in [-0.4, -0.2) is 19.2 Å². The van der Waals surface area contributed by atoms with E-state index in [9.17, 15) is 4.79 Å². The van der Waals surface area contributed by atoms with Gasteiger partial charge < -0.3 is 15.2 Å². The molecule has 3 aromatic rings. The van der Waals surface area contributed by atoms with Crippen LogP contribution in [0.4, 0.5) is 10.5 Å². The molecule has 28 heavy (non-hydrogen) atoms. The molecular weight excluding hydrogens is 372 g/mol. The lowest BCUT2D eigenvalue weighted by Gasteiger charge is -2.14. The average Bonchev–Trinajstić information content (AvgIpc) is 2.74. The van der Waals surface area contributed by atoms with Gasteiger partial charge in [-0.2, -0.15) is 0 Å². The van der Waals surface area contributed by atoms with Crippen molar-refractivity contribution in [3.8, 4) is 22.6 Å². The number of rotatable bonds is 8. The number of urea groups is 1. The number of carbonyl (C=O) groups excluding carboxylic acids is 1. The number of primary amides is 1. The van der Waals surface area contributed by atoms with Gasteiger partial charge >= 0.3 is 6.03 Å². The van der Waals surface area contributed by atoms with Crippen molar-refractivity contribution in [2.75, 3.05) is 17.5 Å². The molecule has 144 valence electrons. The number of thiol groups is 1. The highest BCUT2D eigenvalue weighted by atomic mass is 32.1. The second kappa shape index (κ2) is 9.71. The standard InChI is InChI=1S/C22H22N2O3S/c23-22(25)24(28)18-10-6-11-19(16-18)26-14-7-15-27-21-13-5-4-12-20(21)17-8-2-1-3-9-17/h1-6,8-13,16,28H,7,14-15H2,(H2,23,25). The van der Waals surface area contributed by atoms with Gasteiger partial charge in [-0.05, 0) is 23.8 Å². The average molecular weight is 394 g/mol. The predicted molar refractivity (Wildman–Crippen MR) is 115 cm³/mol. The summed E-state index contributed by atoms with van der Waals surface area (Å²) in [6.07, 6.45) is 0.716. The molecular formula is C22H22N2O3S. The number of anilines is 1. The molecule has 0 aliphatic rings. The minimum absolute atomic E-state index is 0.486. The van der Waals surface area contributed by atoms with Gasteiger partial charge in [0, 0.05) is 18.1 Å². The summed E-state index contributed by atoms with van der Waals surface area (Å²) < 4.78 is 12.8. The van der Waals surface area contributed by atoms with Crippen molar-refractivity contribution in [1.82, 2.24) is 0 Å². The van der Waals surface area contributed by atoms with E-state index < -0.39 is 6.03 Å². The molecule has 2 N–H and O–H groups in total. The number of para-hydroxylation sites is 1. The molecule has 0 aromatic heterocycles. The Morgan fingerprint density at radius 2 is 1.61 bits per heavy atom. The zero-order valence-corrected chi connectivity index (χ0v) is 16.2. The third-order valence-corrected chi connectivity index (χ3v) is 4.49. The van der Waals surface area contributed by atoms with Crippen LogP contribution in [0, 0.1) is 0 Å². The number of hydrogen-bond acceptors (Lipinski definition) is 4. The van der Waals surface area contributed by atoms with Crippen molar-refractivity contribution in [2.45, 2.75) is 6.42 Å². The number of carbonyl (C=O) groups is 1. The van der Waals surface area contributed by atoms with Gasteiger partial charge in [0.1, 0.15) is 11.5 Å². The van der Waals surface area contributed by atoms with Gasteiger partial charge in [0.25, 0.3) is 0 Å². The lowest BCUT2D eigenvalue weighted by atomic mass is 10.1. The first-order valence-electron chi connectivity index (χ1n) is 8.94. The lowest BCUT2D eigenvalue weighted by molar-refractivity contribution is 0.248. The first kappa shape index (κ1) is 19.6. The number of benzene rings is 3. The second-order valence-electron chi connectivity index (χ2n) is 6.06. The molecule has 0 bridgehead atoms. The predicted octanol–water partition coefficient (Wildman–Crippen LogP) is 4.93. The Morgan fingerprint density at radius 1 is 0.893 bits per heavy atom. The normalized spacial score (nSPS) is 10.3. The second-order valence-corrected chi connectivity index (χ2v) is 6.46. The highest BCUT2D eigenvalue weighted by molar-refractivity contribution is 7.82. The number of amides is 2. The Morgan fingerprint density at radius 3 is 2.39 bits per heavy atom. The van der Waals surface area contributed by atoms with E-state index in [1.54, 1.807) is 18.2 Å². The molecule has 0 fully saturated rings. The summed E-state index contributed by atoms with van der Waals surface area (Å²) in [5, 5.41) is 0. The molecule has 0 aliphatic carbocycles. The zero-order chi connectivity index (χ0) is 19.8. The maximum absolute atomic E-state index is 11.2. The summed E-state index contributed by atoms with van der Waals surface area (Å²) in [6.45, 7) is 1.02. The molecule has 5 nitrogen and oxygen atoms in total. The van der Waals surface area contributed by atoms with Gasteiger partial charge in [-0.25, -0.2) is 9.10 Å². The van der Waals surface area contributed by atoms with E-state index in [0.717, 1.165) is 21.2 Å². The van der Waals surface area contributed by atoms with Crippen LogP contribution in [0.1, 0.15) is 6.42 Å². The monoisotopic (exact) mass is 394 g/mol. The lowest BCUT2D eigenvalue weighted by Crippen LogP contribution is -2.27. The molecule has 0 radical (unpaired) electrons. The Bertz CT molecular complexity index is 918. The summed E-state index contributed by atoms with van der Waals surface area (Å²) in [5.74, 6) is 1.49. The molecule has 3 rings (SSSR count). The maximum atomic E-state index is 11.2. The summed E-state index contributed by atoms with van der Waals surface area (Å²) in [6, 6.07) is 24.5. The number of ether oxygens (including phenoxy) is 2. The number of nitrogens with two attached hydrogens (primary N) is 1.